The van der Waals surface area contributed by atoms with E-state index in [4.69, 9.17) is 0 Å². The van der Waals surface area contributed by atoms with Crippen LogP contribution in [-0.4, -0.2) is 33.0 Å². The second-order valence-corrected chi connectivity index (χ2v) is 7.64. The maximum absolute atomic E-state index is 12.8. The van der Waals surface area contributed by atoms with Crippen molar-refractivity contribution in [2.24, 2.45) is 5.41 Å². The van der Waals surface area contributed by atoms with Crippen LogP contribution in [0.4, 0.5) is 5.69 Å². The van der Waals surface area contributed by atoms with E-state index >= 15 is 0 Å². The van der Waals surface area contributed by atoms with Crippen molar-refractivity contribution in [1.29, 1.82) is 0 Å². The van der Waals surface area contributed by atoms with Crippen LogP contribution in [0.1, 0.15) is 34.3 Å². The van der Waals surface area contributed by atoms with E-state index in [0.717, 1.165) is 42.6 Å². The Bertz CT molecular complexity index is 1110. The van der Waals surface area contributed by atoms with E-state index in [1.807, 2.05) is 12.1 Å². The summed E-state index contributed by atoms with van der Waals surface area (Å²) < 4.78 is 1.74. The zero-order valence-electron chi connectivity index (χ0n) is 15.3. The minimum atomic E-state index is -0.485. The number of nitrogens with zero attached hydrogens (tertiary/aromatic N) is 3. The standard InChI is InChI=1S/C21H20N4O3/c26-19(25(28)17-3-4-18-22-9-10-24(18)13-17)15-1-2-16-12-21(6-5-14(16)11-15)7-8-23-20(21)27/h1-4,9-11,13,28H,5-8,12H2,(H,23,27)/t21-/m0/s1. The molecule has 3 aromatic rings. The molecule has 7 nitrogen and oxygen atoms in total. The topological polar surface area (TPSA) is 86.9 Å². The number of aromatic nitrogens is 2. The van der Waals surface area contributed by atoms with Gasteiger partial charge in [0.2, 0.25) is 5.91 Å². The van der Waals surface area contributed by atoms with E-state index in [-0.39, 0.29) is 11.3 Å². The van der Waals surface area contributed by atoms with Gasteiger partial charge in [-0.1, -0.05) is 6.07 Å². The fourth-order valence-electron chi connectivity index (χ4n) is 4.39. The fraction of sp³-hybridized carbons (Fsp3) is 0.286. The normalized spacial score (nSPS) is 21.0. The number of pyridine rings is 1. The summed E-state index contributed by atoms with van der Waals surface area (Å²) in [4.78, 5) is 29.2. The number of benzene rings is 1. The Morgan fingerprint density at radius 3 is 2.93 bits per heavy atom. The largest absolute Gasteiger partial charge is 0.356 e. The van der Waals surface area contributed by atoms with Crippen LogP contribution in [0, 0.1) is 5.41 Å². The molecule has 1 atom stereocenters. The van der Waals surface area contributed by atoms with E-state index in [0.29, 0.717) is 22.7 Å². The van der Waals surface area contributed by atoms with E-state index < -0.39 is 5.91 Å². The molecule has 1 aliphatic carbocycles. The van der Waals surface area contributed by atoms with Gasteiger partial charge in [0.25, 0.3) is 5.91 Å². The number of fused-ring (bicyclic) bond motifs is 2. The Morgan fingerprint density at radius 1 is 1.21 bits per heavy atom. The van der Waals surface area contributed by atoms with Gasteiger partial charge in [-0.05, 0) is 61.1 Å². The second-order valence-electron chi connectivity index (χ2n) is 7.64. The fourth-order valence-corrected chi connectivity index (χ4v) is 4.39. The summed E-state index contributed by atoms with van der Waals surface area (Å²) in [5, 5.41) is 14.1. The number of nitrogens with one attached hydrogen (secondary N) is 1. The van der Waals surface area contributed by atoms with Crippen molar-refractivity contribution in [3.63, 3.8) is 0 Å². The molecule has 28 heavy (non-hydrogen) atoms. The van der Waals surface area contributed by atoms with E-state index in [1.54, 1.807) is 41.2 Å². The van der Waals surface area contributed by atoms with E-state index in [1.165, 1.54) is 0 Å². The molecule has 1 aliphatic heterocycles. The SMILES string of the molecule is O=C(c1ccc2c(c1)CC[C@]1(CCNC1=O)C2)N(O)c1ccc2nccn2c1. The second kappa shape index (κ2) is 6.17. The predicted octanol–water partition coefficient (Wildman–Crippen LogP) is 2.37. The molecule has 2 aromatic heterocycles. The molecule has 0 bridgehead atoms. The third-order valence-electron chi connectivity index (χ3n) is 6.04. The van der Waals surface area contributed by atoms with E-state index in [9.17, 15) is 14.8 Å². The maximum atomic E-state index is 12.8. The van der Waals surface area contributed by atoms with Crippen molar-refractivity contribution >= 4 is 23.1 Å². The minimum Gasteiger partial charge on any atom is -0.356 e. The number of rotatable bonds is 2. The third-order valence-corrected chi connectivity index (χ3v) is 6.04. The third kappa shape index (κ3) is 2.58. The summed E-state index contributed by atoms with van der Waals surface area (Å²) in [5.41, 5.74) is 3.44. The van der Waals surface area contributed by atoms with Crippen LogP contribution in [0.5, 0.6) is 0 Å². The van der Waals surface area contributed by atoms with Gasteiger partial charge in [-0.15, -0.1) is 0 Å². The van der Waals surface area contributed by atoms with Crippen LogP contribution in [0.25, 0.3) is 5.65 Å². The highest BCUT2D eigenvalue weighted by Crippen LogP contribution is 2.41. The Hall–Kier alpha value is -3.19. The summed E-state index contributed by atoms with van der Waals surface area (Å²) in [5.74, 6) is -0.337. The Balaban J connectivity index is 1.41. The highest BCUT2D eigenvalue weighted by atomic mass is 16.5. The molecule has 2 aliphatic rings. The lowest BCUT2D eigenvalue weighted by atomic mass is 9.70. The van der Waals surface area contributed by atoms with Gasteiger partial charge >= 0.3 is 0 Å². The smallest absolute Gasteiger partial charge is 0.282 e. The molecule has 0 saturated carbocycles. The number of carbonyl (C=O) groups excluding carboxylic acids is 2. The molecule has 5 rings (SSSR count). The first-order chi connectivity index (χ1) is 13.6. The Labute approximate surface area is 161 Å². The van der Waals surface area contributed by atoms with Crippen molar-refractivity contribution in [3.05, 3.63) is 65.6 Å². The average molecular weight is 376 g/mol. The lowest BCUT2D eigenvalue weighted by Crippen LogP contribution is -2.36. The van der Waals surface area contributed by atoms with Crippen molar-refractivity contribution in [2.45, 2.75) is 25.7 Å². The van der Waals surface area contributed by atoms with Crippen LogP contribution >= 0.6 is 0 Å². The lowest BCUT2D eigenvalue weighted by Gasteiger charge is -2.32. The molecule has 142 valence electrons. The van der Waals surface area contributed by atoms with Gasteiger partial charge in [-0.25, -0.2) is 4.98 Å². The van der Waals surface area contributed by atoms with Crippen molar-refractivity contribution in [1.82, 2.24) is 14.7 Å². The number of carbonyl (C=O) groups is 2. The average Bonchev–Trinajstić information content (AvgIpc) is 3.33. The van der Waals surface area contributed by atoms with Crippen molar-refractivity contribution in [3.8, 4) is 0 Å². The van der Waals surface area contributed by atoms with E-state index in [2.05, 4.69) is 10.3 Å². The number of anilines is 1. The first kappa shape index (κ1) is 16.9. The van der Waals surface area contributed by atoms with Gasteiger partial charge < -0.3 is 9.72 Å². The van der Waals surface area contributed by atoms with Crippen molar-refractivity contribution < 1.29 is 14.8 Å². The number of hydroxylamine groups is 1. The van der Waals surface area contributed by atoms with Crippen LogP contribution in [0.15, 0.2) is 48.9 Å². The highest BCUT2D eigenvalue weighted by Gasteiger charge is 2.44. The number of hydrogen-bond donors (Lipinski definition) is 2. The first-order valence-corrected chi connectivity index (χ1v) is 9.42. The molecule has 1 saturated heterocycles. The minimum absolute atomic E-state index is 0.148. The molecule has 0 radical (unpaired) electrons. The quantitative estimate of drug-likeness (QED) is 0.531. The summed E-state index contributed by atoms with van der Waals surface area (Å²) >= 11 is 0. The first-order valence-electron chi connectivity index (χ1n) is 9.42. The summed E-state index contributed by atoms with van der Waals surface area (Å²) in [6.45, 7) is 0.742. The molecule has 1 fully saturated rings. The van der Waals surface area contributed by atoms with Crippen molar-refractivity contribution in [2.75, 3.05) is 11.6 Å². The monoisotopic (exact) mass is 376 g/mol. The highest BCUT2D eigenvalue weighted by molar-refractivity contribution is 6.04. The summed E-state index contributed by atoms with van der Waals surface area (Å²) in [6.07, 6.45) is 8.20. The van der Waals surface area contributed by atoms with Gasteiger partial charge in [-0.3, -0.25) is 14.8 Å². The molecule has 7 heteroatoms. The summed E-state index contributed by atoms with van der Waals surface area (Å²) in [7, 11) is 0. The number of hydrogen-bond acceptors (Lipinski definition) is 4. The van der Waals surface area contributed by atoms with Crippen LogP contribution in [0.3, 0.4) is 0 Å². The molecule has 2 N–H and O–H groups in total. The van der Waals surface area contributed by atoms with Gasteiger partial charge in [0, 0.05) is 30.7 Å². The predicted molar refractivity (Wildman–Crippen MR) is 102 cm³/mol. The zero-order chi connectivity index (χ0) is 19.3. The maximum Gasteiger partial charge on any atom is 0.282 e. The number of imidazole rings is 1. The molecule has 1 spiro atoms. The van der Waals surface area contributed by atoms with Gasteiger partial charge in [0.05, 0.1) is 11.1 Å². The molecular formula is C21H20N4O3. The molecular weight excluding hydrogens is 356 g/mol. The number of aryl methyl sites for hydroxylation is 1. The molecule has 0 unspecified atom stereocenters. The van der Waals surface area contributed by atoms with Crippen LogP contribution < -0.4 is 10.4 Å². The zero-order valence-corrected chi connectivity index (χ0v) is 15.3. The van der Waals surface area contributed by atoms with Gasteiger partial charge in [0.1, 0.15) is 5.65 Å². The Kier molecular flexibility index (Phi) is 3.73. The van der Waals surface area contributed by atoms with Gasteiger partial charge in [-0.2, -0.15) is 5.06 Å². The summed E-state index contributed by atoms with van der Waals surface area (Å²) in [6, 6.07) is 8.89. The molecule has 2 amide bonds. The lowest BCUT2D eigenvalue weighted by molar-refractivity contribution is -0.128. The van der Waals surface area contributed by atoms with Crippen LogP contribution in [0.2, 0.25) is 0 Å². The number of amides is 2. The molecule has 3 heterocycles. The Morgan fingerprint density at radius 2 is 2.11 bits per heavy atom. The van der Waals surface area contributed by atoms with Crippen LogP contribution in [-0.2, 0) is 17.6 Å². The van der Waals surface area contributed by atoms with Gasteiger partial charge in [0.15, 0.2) is 0 Å². The molecule has 1 aromatic carbocycles.